The van der Waals surface area contributed by atoms with E-state index < -0.39 is 5.97 Å². The van der Waals surface area contributed by atoms with Gasteiger partial charge in [0, 0.05) is 12.8 Å². The zero-order chi connectivity index (χ0) is 30.8. The summed E-state index contributed by atoms with van der Waals surface area (Å²) in [7, 11) is 0. The SMILES string of the molecule is CCCC/C=C\C/C=C\CCCCCCCC(=O)OC(CCCCCCCCCCCC)CCCCCCCC(=O)O. The summed E-state index contributed by atoms with van der Waals surface area (Å²) < 4.78 is 5.97. The van der Waals surface area contributed by atoms with Crippen LogP contribution < -0.4 is 0 Å². The van der Waals surface area contributed by atoms with Crippen molar-refractivity contribution in [1.29, 1.82) is 0 Å². The summed E-state index contributed by atoms with van der Waals surface area (Å²) >= 11 is 0. The van der Waals surface area contributed by atoms with Crippen molar-refractivity contribution in [3.8, 4) is 0 Å². The lowest BCUT2D eigenvalue weighted by Gasteiger charge is -2.18. The quantitative estimate of drug-likeness (QED) is 0.0469. The molecule has 0 radical (unpaired) electrons. The fourth-order valence-corrected chi connectivity index (χ4v) is 5.44. The highest BCUT2D eigenvalue weighted by Gasteiger charge is 2.14. The maximum Gasteiger partial charge on any atom is 0.306 e. The van der Waals surface area contributed by atoms with Gasteiger partial charge in [0.2, 0.25) is 0 Å². The van der Waals surface area contributed by atoms with E-state index in [-0.39, 0.29) is 18.5 Å². The Hall–Kier alpha value is -1.58. The first kappa shape index (κ1) is 40.4. The van der Waals surface area contributed by atoms with Gasteiger partial charge in [0.25, 0.3) is 0 Å². The monoisotopic (exact) mass is 591 g/mol. The highest BCUT2D eigenvalue weighted by Crippen LogP contribution is 2.19. The van der Waals surface area contributed by atoms with E-state index in [4.69, 9.17) is 9.84 Å². The normalized spacial score (nSPS) is 12.4. The van der Waals surface area contributed by atoms with E-state index in [1.807, 2.05) is 0 Å². The molecule has 0 amide bonds. The molecule has 1 unspecified atom stereocenters. The molecule has 0 aromatic heterocycles. The van der Waals surface area contributed by atoms with Crippen molar-refractivity contribution >= 4 is 11.9 Å². The van der Waals surface area contributed by atoms with Crippen molar-refractivity contribution in [1.82, 2.24) is 0 Å². The first-order valence-electron chi connectivity index (χ1n) is 18.3. The van der Waals surface area contributed by atoms with Crippen molar-refractivity contribution in [3.63, 3.8) is 0 Å². The largest absolute Gasteiger partial charge is 0.481 e. The molecule has 246 valence electrons. The molecule has 4 heteroatoms. The number of carbonyl (C=O) groups excluding carboxylic acids is 1. The van der Waals surface area contributed by atoms with Crippen LogP contribution in [0.5, 0.6) is 0 Å². The molecule has 0 rings (SSSR count). The Labute approximate surface area is 261 Å². The Morgan fingerprint density at radius 3 is 1.48 bits per heavy atom. The van der Waals surface area contributed by atoms with E-state index in [1.54, 1.807) is 0 Å². The zero-order valence-electron chi connectivity index (χ0n) is 28.1. The zero-order valence-corrected chi connectivity index (χ0v) is 28.1. The number of ether oxygens (including phenoxy) is 1. The van der Waals surface area contributed by atoms with Crippen LogP contribution in [0.25, 0.3) is 0 Å². The Morgan fingerprint density at radius 1 is 0.524 bits per heavy atom. The molecular formula is C38H70O4. The minimum Gasteiger partial charge on any atom is -0.481 e. The molecule has 1 N–H and O–H groups in total. The number of unbranched alkanes of at least 4 members (excludes halogenated alkanes) is 20. The molecule has 0 aliphatic carbocycles. The number of rotatable bonds is 33. The van der Waals surface area contributed by atoms with Crippen molar-refractivity contribution in [3.05, 3.63) is 24.3 Å². The van der Waals surface area contributed by atoms with E-state index in [0.29, 0.717) is 6.42 Å². The van der Waals surface area contributed by atoms with Crippen LogP contribution in [0.1, 0.15) is 200 Å². The Balaban J connectivity index is 4.06. The third kappa shape index (κ3) is 32.9. The predicted molar refractivity (Wildman–Crippen MR) is 181 cm³/mol. The van der Waals surface area contributed by atoms with Gasteiger partial charge in [0.05, 0.1) is 0 Å². The number of carbonyl (C=O) groups is 2. The molecule has 0 saturated carbocycles. The van der Waals surface area contributed by atoms with Crippen LogP contribution >= 0.6 is 0 Å². The molecule has 1 atom stereocenters. The lowest BCUT2D eigenvalue weighted by Crippen LogP contribution is -2.18. The number of hydrogen-bond donors (Lipinski definition) is 1. The minimum absolute atomic E-state index is 0.0107. The van der Waals surface area contributed by atoms with Crippen molar-refractivity contribution in [2.75, 3.05) is 0 Å². The molecule has 0 aromatic rings. The van der Waals surface area contributed by atoms with Crippen LogP contribution in [0.2, 0.25) is 0 Å². The van der Waals surface area contributed by atoms with Crippen LogP contribution in [-0.2, 0) is 14.3 Å². The van der Waals surface area contributed by atoms with Crippen LogP contribution in [0, 0.1) is 0 Å². The highest BCUT2D eigenvalue weighted by molar-refractivity contribution is 5.69. The number of allylic oxidation sites excluding steroid dienone is 4. The molecule has 0 aliphatic rings. The van der Waals surface area contributed by atoms with Gasteiger partial charge in [0.15, 0.2) is 0 Å². The van der Waals surface area contributed by atoms with Crippen molar-refractivity contribution in [2.45, 2.75) is 206 Å². The molecule has 0 bridgehead atoms. The molecular weight excluding hydrogens is 520 g/mol. The first-order chi connectivity index (χ1) is 20.6. The lowest BCUT2D eigenvalue weighted by molar-refractivity contribution is -0.150. The maximum atomic E-state index is 12.6. The van der Waals surface area contributed by atoms with E-state index in [0.717, 1.165) is 77.0 Å². The number of aliphatic carboxylic acids is 1. The molecule has 0 spiro atoms. The van der Waals surface area contributed by atoms with Gasteiger partial charge < -0.3 is 9.84 Å². The van der Waals surface area contributed by atoms with Gasteiger partial charge in [-0.1, -0.05) is 147 Å². The fourth-order valence-electron chi connectivity index (χ4n) is 5.44. The summed E-state index contributed by atoms with van der Waals surface area (Å²) in [5.41, 5.74) is 0. The summed E-state index contributed by atoms with van der Waals surface area (Å²) in [6.45, 7) is 4.50. The lowest BCUT2D eigenvalue weighted by atomic mass is 10.0. The smallest absolute Gasteiger partial charge is 0.306 e. The number of carboxylic acids is 1. The number of carboxylic acid groups (broad SMARTS) is 1. The van der Waals surface area contributed by atoms with Crippen molar-refractivity contribution in [2.24, 2.45) is 0 Å². The van der Waals surface area contributed by atoms with Crippen LogP contribution in [-0.4, -0.2) is 23.1 Å². The van der Waals surface area contributed by atoms with Gasteiger partial charge >= 0.3 is 11.9 Å². The highest BCUT2D eigenvalue weighted by atomic mass is 16.5. The Morgan fingerprint density at radius 2 is 0.952 bits per heavy atom. The van der Waals surface area contributed by atoms with Crippen LogP contribution in [0.3, 0.4) is 0 Å². The summed E-state index contributed by atoms with van der Waals surface area (Å²) in [4.78, 5) is 23.3. The summed E-state index contributed by atoms with van der Waals surface area (Å²) in [6, 6.07) is 0. The molecule has 0 aromatic carbocycles. The molecule has 0 saturated heterocycles. The van der Waals surface area contributed by atoms with Gasteiger partial charge in [-0.25, -0.2) is 0 Å². The van der Waals surface area contributed by atoms with Gasteiger partial charge in [0.1, 0.15) is 6.10 Å². The van der Waals surface area contributed by atoms with Crippen molar-refractivity contribution < 1.29 is 19.4 Å². The number of hydrogen-bond acceptors (Lipinski definition) is 3. The van der Waals surface area contributed by atoms with E-state index >= 15 is 0 Å². The van der Waals surface area contributed by atoms with Gasteiger partial charge in [-0.3, -0.25) is 9.59 Å². The third-order valence-corrected chi connectivity index (χ3v) is 8.18. The first-order valence-corrected chi connectivity index (χ1v) is 18.3. The fraction of sp³-hybridized carbons (Fsp3) is 0.842. The second-order valence-corrected chi connectivity index (χ2v) is 12.4. The van der Waals surface area contributed by atoms with Crippen LogP contribution in [0.4, 0.5) is 0 Å². The third-order valence-electron chi connectivity index (χ3n) is 8.18. The maximum absolute atomic E-state index is 12.6. The molecule has 0 fully saturated rings. The molecule has 0 heterocycles. The van der Waals surface area contributed by atoms with Gasteiger partial charge in [-0.15, -0.1) is 0 Å². The van der Waals surface area contributed by atoms with E-state index in [2.05, 4.69) is 38.2 Å². The van der Waals surface area contributed by atoms with Gasteiger partial charge in [-0.2, -0.15) is 0 Å². The summed E-state index contributed by atoms with van der Waals surface area (Å²) in [5.74, 6) is -0.712. The van der Waals surface area contributed by atoms with E-state index in [1.165, 1.54) is 96.3 Å². The second-order valence-electron chi connectivity index (χ2n) is 12.4. The topological polar surface area (TPSA) is 63.6 Å². The molecule has 42 heavy (non-hydrogen) atoms. The summed E-state index contributed by atoms with van der Waals surface area (Å²) in [5, 5.41) is 8.79. The summed E-state index contributed by atoms with van der Waals surface area (Å²) in [6.07, 6.45) is 41.8. The minimum atomic E-state index is -0.702. The average molecular weight is 591 g/mol. The molecule has 0 aliphatic heterocycles. The Kier molecular flexibility index (Phi) is 32.6. The van der Waals surface area contributed by atoms with Gasteiger partial charge in [-0.05, 0) is 64.2 Å². The van der Waals surface area contributed by atoms with E-state index in [9.17, 15) is 9.59 Å². The number of esters is 1. The predicted octanol–water partition coefficient (Wildman–Crippen LogP) is 12.4. The molecule has 4 nitrogen and oxygen atoms in total. The average Bonchev–Trinajstić information content (AvgIpc) is 2.97. The van der Waals surface area contributed by atoms with Crippen LogP contribution in [0.15, 0.2) is 24.3 Å². The Bertz CT molecular complexity index is 639. The second kappa shape index (κ2) is 33.9. The standard InChI is InChI=1S/C38H70O4/c1-3-5-7-9-11-13-15-16-17-18-20-22-27-31-35-38(41)42-36(33-29-25-23-26-30-34-37(39)40)32-28-24-21-19-14-12-10-8-6-4-2/h9,11,15-16,36H,3-8,10,12-14,17-35H2,1-2H3,(H,39,40)/b11-9-,16-15-.